The third kappa shape index (κ3) is 2.77. The molecule has 120 valence electrons. The zero-order valence-electron chi connectivity index (χ0n) is 13.9. The third-order valence-corrected chi connectivity index (χ3v) is 3.99. The van der Waals surface area contributed by atoms with Gasteiger partial charge in [0.15, 0.2) is 6.61 Å². The van der Waals surface area contributed by atoms with Crippen molar-refractivity contribution < 1.29 is 14.3 Å². The van der Waals surface area contributed by atoms with E-state index < -0.39 is 0 Å². The zero-order valence-corrected chi connectivity index (χ0v) is 13.9. The SMILES string of the molecule is COc1ccccc1N1C(=O)COc2ccc(C(C)(C)C)cc21. The molecule has 0 aliphatic carbocycles. The molecule has 0 bridgehead atoms. The lowest BCUT2D eigenvalue weighted by atomic mass is 9.86. The highest BCUT2D eigenvalue weighted by Crippen LogP contribution is 2.42. The second-order valence-electron chi connectivity index (χ2n) is 6.62. The Labute approximate surface area is 136 Å². The van der Waals surface area contributed by atoms with Crippen LogP contribution in [-0.4, -0.2) is 19.6 Å². The number of hydrogen-bond donors (Lipinski definition) is 0. The minimum atomic E-state index is -0.104. The second kappa shape index (κ2) is 5.61. The van der Waals surface area contributed by atoms with Crippen molar-refractivity contribution in [3.63, 3.8) is 0 Å². The predicted octanol–water partition coefficient (Wildman–Crippen LogP) is 4.05. The van der Waals surface area contributed by atoms with E-state index in [9.17, 15) is 4.79 Å². The topological polar surface area (TPSA) is 38.8 Å². The number of para-hydroxylation sites is 2. The molecule has 4 heteroatoms. The van der Waals surface area contributed by atoms with Gasteiger partial charge in [0.05, 0.1) is 18.5 Å². The van der Waals surface area contributed by atoms with E-state index in [0.717, 1.165) is 16.9 Å². The van der Waals surface area contributed by atoms with Gasteiger partial charge in [-0.2, -0.15) is 0 Å². The lowest BCUT2D eigenvalue weighted by molar-refractivity contribution is -0.120. The van der Waals surface area contributed by atoms with Crippen LogP contribution < -0.4 is 14.4 Å². The molecule has 0 spiro atoms. The molecule has 0 N–H and O–H groups in total. The maximum atomic E-state index is 12.5. The van der Waals surface area contributed by atoms with Crippen LogP contribution in [0.25, 0.3) is 0 Å². The van der Waals surface area contributed by atoms with Crippen molar-refractivity contribution in [3.8, 4) is 11.5 Å². The van der Waals surface area contributed by atoms with Crippen LogP contribution in [0.15, 0.2) is 42.5 Å². The highest BCUT2D eigenvalue weighted by molar-refractivity contribution is 6.05. The number of carbonyl (C=O) groups is 1. The monoisotopic (exact) mass is 311 g/mol. The average Bonchev–Trinajstić information content (AvgIpc) is 2.53. The molecule has 0 radical (unpaired) electrons. The van der Waals surface area contributed by atoms with Gasteiger partial charge in [-0.15, -0.1) is 0 Å². The Morgan fingerprint density at radius 3 is 2.52 bits per heavy atom. The highest BCUT2D eigenvalue weighted by Gasteiger charge is 2.30. The number of hydrogen-bond acceptors (Lipinski definition) is 3. The van der Waals surface area contributed by atoms with Gasteiger partial charge in [0.1, 0.15) is 11.5 Å². The molecule has 2 aromatic carbocycles. The molecule has 4 nitrogen and oxygen atoms in total. The Hall–Kier alpha value is -2.49. The lowest BCUT2D eigenvalue weighted by Gasteiger charge is -2.32. The lowest BCUT2D eigenvalue weighted by Crippen LogP contribution is -2.35. The van der Waals surface area contributed by atoms with Gasteiger partial charge in [-0.3, -0.25) is 9.69 Å². The summed E-state index contributed by atoms with van der Waals surface area (Å²) in [7, 11) is 1.61. The maximum absolute atomic E-state index is 12.5. The normalized spacial score (nSPS) is 14.3. The summed E-state index contributed by atoms with van der Waals surface area (Å²) >= 11 is 0. The van der Waals surface area contributed by atoms with E-state index in [1.807, 2.05) is 36.4 Å². The Morgan fingerprint density at radius 2 is 1.83 bits per heavy atom. The average molecular weight is 311 g/mol. The van der Waals surface area contributed by atoms with Crippen LogP contribution in [0.3, 0.4) is 0 Å². The van der Waals surface area contributed by atoms with E-state index in [1.54, 1.807) is 12.0 Å². The molecule has 1 aliphatic rings. The highest BCUT2D eigenvalue weighted by atomic mass is 16.5. The number of fused-ring (bicyclic) bond motifs is 1. The van der Waals surface area contributed by atoms with E-state index in [-0.39, 0.29) is 17.9 Å². The van der Waals surface area contributed by atoms with Gasteiger partial charge in [-0.05, 0) is 35.2 Å². The fourth-order valence-electron chi connectivity index (χ4n) is 2.70. The molecule has 1 aliphatic heterocycles. The first kappa shape index (κ1) is 15.4. The molecule has 0 saturated carbocycles. The number of nitrogens with zero attached hydrogens (tertiary/aromatic N) is 1. The number of methoxy groups -OCH3 is 1. The Kier molecular flexibility index (Phi) is 3.76. The Balaban J connectivity index is 2.18. The molecule has 0 fully saturated rings. The molecule has 2 aromatic rings. The van der Waals surface area contributed by atoms with Crippen molar-refractivity contribution in [2.24, 2.45) is 0 Å². The van der Waals surface area contributed by atoms with E-state index in [2.05, 4.69) is 26.8 Å². The molecule has 0 saturated heterocycles. The van der Waals surface area contributed by atoms with Gasteiger partial charge in [0, 0.05) is 0 Å². The summed E-state index contributed by atoms with van der Waals surface area (Å²) in [5, 5.41) is 0. The Bertz CT molecular complexity index is 747. The number of carbonyl (C=O) groups excluding carboxylic acids is 1. The van der Waals surface area contributed by atoms with Crippen molar-refractivity contribution in [2.75, 3.05) is 18.6 Å². The molecular weight excluding hydrogens is 290 g/mol. The van der Waals surface area contributed by atoms with Gasteiger partial charge in [0.25, 0.3) is 5.91 Å². The summed E-state index contributed by atoms with van der Waals surface area (Å²) in [4.78, 5) is 14.2. The maximum Gasteiger partial charge on any atom is 0.269 e. The summed E-state index contributed by atoms with van der Waals surface area (Å²) in [5.41, 5.74) is 2.63. The number of ether oxygens (including phenoxy) is 2. The largest absolute Gasteiger partial charge is 0.495 e. The molecule has 23 heavy (non-hydrogen) atoms. The number of amides is 1. The molecule has 0 unspecified atom stereocenters. The molecular formula is C19H21NO3. The van der Waals surface area contributed by atoms with Crippen LogP contribution in [0.1, 0.15) is 26.3 Å². The van der Waals surface area contributed by atoms with Crippen LogP contribution in [-0.2, 0) is 10.2 Å². The summed E-state index contributed by atoms with van der Waals surface area (Å²) in [5.74, 6) is 1.27. The standard InChI is InChI=1S/C19H21NO3/c1-19(2,3)13-9-10-17-15(11-13)20(18(21)12-23-17)14-7-5-6-8-16(14)22-4/h5-11H,12H2,1-4H3. The first-order chi connectivity index (χ1) is 10.9. The number of anilines is 2. The minimum absolute atomic E-state index is 0.0119. The zero-order chi connectivity index (χ0) is 16.6. The van der Waals surface area contributed by atoms with E-state index in [1.165, 1.54) is 0 Å². The fourth-order valence-corrected chi connectivity index (χ4v) is 2.70. The van der Waals surface area contributed by atoms with E-state index >= 15 is 0 Å². The van der Waals surface area contributed by atoms with Crippen LogP contribution in [0.4, 0.5) is 11.4 Å². The second-order valence-corrected chi connectivity index (χ2v) is 6.62. The first-order valence-corrected chi connectivity index (χ1v) is 7.65. The van der Waals surface area contributed by atoms with Gasteiger partial charge >= 0.3 is 0 Å². The number of rotatable bonds is 2. The summed E-state index contributed by atoms with van der Waals surface area (Å²) in [6.07, 6.45) is 0. The number of benzene rings is 2. The molecule has 3 rings (SSSR count). The van der Waals surface area contributed by atoms with Gasteiger partial charge in [-0.25, -0.2) is 0 Å². The minimum Gasteiger partial charge on any atom is -0.495 e. The van der Waals surface area contributed by atoms with Crippen LogP contribution in [0.5, 0.6) is 11.5 Å². The van der Waals surface area contributed by atoms with Crippen molar-refractivity contribution in [3.05, 3.63) is 48.0 Å². The molecule has 1 heterocycles. The van der Waals surface area contributed by atoms with E-state index in [4.69, 9.17) is 9.47 Å². The fraction of sp³-hybridized carbons (Fsp3) is 0.316. The van der Waals surface area contributed by atoms with Crippen LogP contribution in [0.2, 0.25) is 0 Å². The summed E-state index contributed by atoms with van der Waals surface area (Å²) < 4.78 is 11.0. The molecule has 0 atom stereocenters. The van der Waals surface area contributed by atoms with E-state index in [0.29, 0.717) is 11.5 Å². The predicted molar refractivity (Wildman–Crippen MR) is 90.8 cm³/mol. The van der Waals surface area contributed by atoms with Crippen molar-refractivity contribution in [1.82, 2.24) is 0 Å². The van der Waals surface area contributed by atoms with Crippen molar-refractivity contribution in [2.45, 2.75) is 26.2 Å². The molecule has 0 aromatic heterocycles. The van der Waals surface area contributed by atoms with Gasteiger partial charge in [-0.1, -0.05) is 39.0 Å². The molecule has 1 amide bonds. The Morgan fingerprint density at radius 1 is 1.09 bits per heavy atom. The van der Waals surface area contributed by atoms with Gasteiger partial charge < -0.3 is 9.47 Å². The quantitative estimate of drug-likeness (QED) is 0.840. The summed E-state index contributed by atoms with van der Waals surface area (Å²) in [6.45, 7) is 6.47. The third-order valence-electron chi connectivity index (χ3n) is 3.99. The van der Waals surface area contributed by atoms with Gasteiger partial charge in [0.2, 0.25) is 0 Å². The van der Waals surface area contributed by atoms with Crippen LogP contribution in [0, 0.1) is 0 Å². The smallest absolute Gasteiger partial charge is 0.269 e. The first-order valence-electron chi connectivity index (χ1n) is 7.65. The summed E-state index contributed by atoms with van der Waals surface area (Å²) in [6, 6.07) is 13.5. The van der Waals surface area contributed by atoms with Crippen molar-refractivity contribution in [1.29, 1.82) is 0 Å². The van der Waals surface area contributed by atoms with Crippen molar-refractivity contribution >= 4 is 17.3 Å². The van der Waals surface area contributed by atoms with Crippen LogP contribution >= 0.6 is 0 Å².